The molecule has 2 unspecified atom stereocenters. The fraction of sp³-hybridized carbons (Fsp3) is 0.632. The number of anilines is 2. The van der Waals surface area contributed by atoms with Gasteiger partial charge in [-0.25, -0.2) is 4.79 Å². The lowest BCUT2D eigenvalue weighted by Crippen LogP contribution is -2.34. The molecule has 1 aliphatic rings. The average Bonchev–Trinajstić information content (AvgIpc) is 2.55. The number of methoxy groups -OCH3 is 1. The molecule has 2 atom stereocenters. The molecular formula is C19H30N2O4. The van der Waals surface area contributed by atoms with Gasteiger partial charge in [0.05, 0.1) is 24.6 Å². The molecule has 6 nitrogen and oxygen atoms in total. The lowest BCUT2D eigenvalue weighted by atomic mass is 10.0. The van der Waals surface area contributed by atoms with Crippen LogP contribution in [0, 0.1) is 0 Å². The number of hydrogen-bond donors (Lipinski definition) is 2. The van der Waals surface area contributed by atoms with E-state index in [1.54, 1.807) is 7.11 Å². The smallest absolute Gasteiger partial charge is 0.412 e. The predicted octanol–water partition coefficient (Wildman–Crippen LogP) is 4.41. The summed E-state index contributed by atoms with van der Waals surface area (Å²) in [6.45, 7) is 8.40. The van der Waals surface area contributed by atoms with Gasteiger partial charge in [-0.3, -0.25) is 5.32 Å². The van der Waals surface area contributed by atoms with E-state index in [9.17, 15) is 4.79 Å². The van der Waals surface area contributed by atoms with Crippen molar-refractivity contribution in [2.75, 3.05) is 24.4 Å². The van der Waals surface area contributed by atoms with E-state index >= 15 is 0 Å². The lowest BCUT2D eigenvalue weighted by Gasteiger charge is -2.31. The Kier molecular flexibility index (Phi) is 6.53. The molecule has 0 aromatic heterocycles. The Bertz CT molecular complexity index is 583. The summed E-state index contributed by atoms with van der Waals surface area (Å²) >= 11 is 0. The van der Waals surface area contributed by atoms with Crippen LogP contribution in [0.1, 0.15) is 47.0 Å². The van der Waals surface area contributed by atoms with Gasteiger partial charge in [0.1, 0.15) is 11.4 Å². The second-order valence-electron chi connectivity index (χ2n) is 7.31. The van der Waals surface area contributed by atoms with Gasteiger partial charge in [-0.15, -0.1) is 0 Å². The number of hydrogen-bond acceptors (Lipinski definition) is 5. The van der Waals surface area contributed by atoms with Crippen molar-refractivity contribution in [3.63, 3.8) is 0 Å². The molecule has 1 saturated heterocycles. The van der Waals surface area contributed by atoms with E-state index in [1.807, 2.05) is 39.0 Å². The van der Waals surface area contributed by atoms with Gasteiger partial charge in [-0.2, -0.15) is 0 Å². The predicted molar refractivity (Wildman–Crippen MR) is 99.5 cm³/mol. The topological polar surface area (TPSA) is 68.8 Å². The molecule has 1 aliphatic heterocycles. The van der Waals surface area contributed by atoms with E-state index in [4.69, 9.17) is 14.2 Å². The van der Waals surface area contributed by atoms with E-state index in [1.165, 1.54) is 0 Å². The fourth-order valence-corrected chi connectivity index (χ4v) is 2.81. The van der Waals surface area contributed by atoms with Crippen LogP contribution < -0.4 is 15.4 Å². The van der Waals surface area contributed by atoms with Crippen LogP contribution in [0.2, 0.25) is 0 Å². The molecule has 0 bridgehead atoms. The van der Waals surface area contributed by atoms with Gasteiger partial charge in [0.15, 0.2) is 0 Å². The van der Waals surface area contributed by atoms with Gasteiger partial charge >= 0.3 is 6.09 Å². The molecule has 2 N–H and O–H groups in total. The third-order valence-corrected chi connectivity index (χ3v) is 4.04. The minimum atomic E-state index is -0.542. The highest BCUT2D eigenvalue weighted by atomic mass is 16.6. The van der Waals surface area contributed by atoms with E-state index in [0.717, 1.165) is 37.3 Å². The Morgan fingerprint density at radius 1 is 1.32 bits per heavy atom. The molecule has 0 spiro atoms. The molecule has 0 radical (unpaired) electrons. The van der Waals surface area contributed by atoms with Crippen molar-refractivity contribution >= 4 is 17.5 Å². The Hall–Kier alpha value is -1.95. The summed E-state index contributed by atoms with van der Waals surface area (Å²) in [6.07, 6.45) is 2.68. The summed E-state index contributed by atoms with van der Waals surface area (Å²) in [5.41, 5.74) is 0.959. The van der Waals surface area contributed by atoms with Gasteiger partial charge < -0.3 is 19.5 Å². The molecule has 2 rings (SSSR count). The van der Waals surface area contributed by atoms with Crippen LogP contribution in [0.4, 0.5) is 16.2 Å². The van der Waals surface area contributed by atoms with Crippen molar-refractivity contribution in [1.82, 2.24) is 0 Å². The first-order valence-corrected chi connectivity index (χ1v) is 8.87. The highest BCUT2D eigenvalue weighted by Gasteiger charge is 2.23. The maximum atomic E-state index is 12.1. The van der Waals surface area contributed by atoms with Gasteiger partial charge in [0, 0.05) is 18.7 Å². The number of carbonyl (C=O) groups is 1. The van der Waals surface area contributed by atoms with Crippen molar-refractivity contribution < 1.29 is 19.0 Å². The molecule has 140 valence electrons. The van der Waals surface area contributed by atoms with Gasteiger partial charge in [0.25, 0.3) is 0 Å². The Morgan fingerprint density at radius 3 is 2.72 bits per heavy atom. The largest absolute Gasteiger partial charge is 0.497 e. The van der Waals surface area contributed by atoms with E-state index in [0.29, 0.717) is 11.7 Å². The van der Waals surface area contributed by atoms with Crippen LogP contribution in [-0.2, 0) is 9.47 Å². The summed E-state index contributed by atoms with van der Waals surface area (Å²) in [4.78, 5) is 12.1. The summed E-state index contributed by atoms with van der Waals surface area (Å²) in [6, 6.07) is 5.83. The van der Waals surface area contributed by atoms with Gasteiger partial charge in [-0.05, 0) is 52.2 Å². The minimum Gasteiger partial charge on any atom is -0.497 e. The zero-order valence-corrected chi connectivity index (χ0v) is 15.8. The molecule has 1 amide bonds. The number of rotatable bonds is 5. The maximum Gasteiger partial charge on any atom is 0.412 e. The van der Waals surface area contributed by atoms with Crippen LogP contribution >= 0.6 is 0 Å². The third kappa shape index (κ3) is 6.12. The van der Waals surface area contributed by atoms with Crippen molar-refractivity contribution in [2.45, 2.75) is 64.7 Å². The monoisotopic (exact) mass is 350 g/mol. The van der Waals surface area contributed by atoms with Crippen molar-refractivity contribution in [3.05, 3.63) is 18.2 Å². The first-order chi connectivity index (χ1) is 11.8. The Morgan fingerprint density at radius 2 is 2.08 bits per heavy atom. The Labute approximate surface area is 150 Å². The Balaban J connectivity index is 2.12. The highest BCUT2D eigenvalue weighted by molar-refractivity contribution is 5.90. The summed E-state index contributed by atoms with van der Waals surface area (Å²) in [5.74, 6) is 0.733. The van der Waals surface area contributed by atoms with E-state index in [2.05, 4.69) is 17.6 Å². The standard InChI is InChI=1S/C19H30N2O4/c1-6-14-11-13(9-10-24-14)20-17-12-15(23-5)7-8-16(17)21-18(22)25-19(2,3)4/h7-8,12-14,20H,6,9-11H2,1-5H3,(H,21,22). The maximum absolute atomic E-state index is 12.1. The number of ether oxygens (including phenoxy) is 3. The number of benzene rings is 1. The zero-order chi connectivity index (χ0) is 18.4. The minimum absolute atomic E-state index is 0.277. The number of nitrogens with one attached hydrogen (secondary N) is 2. The summed E-state index contributed by atoms with van der Waals surface area (Å²) in [5, 5.41) is 6.35. The van der Waals surface area contributed by atoms with E-state index in [-0.39, 0.29) is 6.10 Å². The zero-order valence-electron chi connectivity index (χ0n) is 15.8. The van der Waals surface area contributed by atoms with Crippen LogP contribution in [0.25, 0.3) is 0 Å². The van der Waals surface area contributed by atoms with E-state index < -0.39 is 11.7 Å². The SMILES string of the molecule is CCC1CC(Nc2cc(OC)ccc2NC(=O)OC(C)(C)C)CCO1. The van der Waals surface area contributed by atoms with Crippen LogP contribution in [-0.4, -0.2) is 37.6 Å². The molecule has 1 heterocycles. The van der Waals surface area contributed by atoms with Crippen molar-refractivity contribution in [2.24, 2.45) is 0 Å². The van der Waals surface area contributed by atoms with Crippen molar-refractivity contribution in [1.29, 1.82) is 0 Å². The summed E-state index contributed by atoms with van der Waals surface area (Å²) in [7, 11) is 1.63. The molecule has 0 saturated carbocycles. The number of carbonyl (C=O) groups excluding carboxylic acids is 1. The van der Waals surface area contributed by atoms with Crippen LogP contribution in [0.5, 0.6) is 5.75 Å². The summed E-state index contributed by atoms with van der Waals surface area (Å²) < 4.78 is 16.4. The molecule has 1 aromatic rings. The van der Waals surface area contributed by atoms with Gasteiger partial charge in [0.2, 0.25) is 0 Å². The number of amides is 1. The average molecular weight is 350 g/mol. The molecular weight excluding hydrogens is 320 g/mol. The van der Waals surface area contributed by atoms with Crippen molar-refractivity contribution in [3.8, 4) is 5.75 Å². The molecule has 1 fully saturated rings. The fourth-order valence-electron chi connectivity index (χ4n) is 2.81. The second kappa shape index (κ2) is 8.43. The first-order valence-electron chi connectivity index (χ1n) is 8.87. The van der Waals surface area contributed by atoms with Crippen LogP contribution in [0.15, 0.2) is 18.2 Å². The van der Waals surface area contributed by atoms with Crippen LogP contribution in [0.3, 0.4) is 0 Å². The quantitative estimate of drug-likeness (QED) is 0.823. The first kappa shape index (κ1) is 19.4. The van der Waals surface area contributed by atoms with Gasteiger partial charge in [-0.1, -0.05) is 6.92 Å². The molecule has 0 aliphatic carbocycles. The second-order valence-corrected chi connectivity index (χ2v) is 7.31. The molecule has 25 heavy (non-hydrogen) atoms. The lowest BCUT2D eigenvalue weighted by molar-refractivity contribution is 0.00925. The normalized spacial score (nSPS) is 20.7. The third-order valence-electron chi connectivity index (χ3n) is 4.04. The highest BCUT2D eigenvalue weighted by Crippen LogP contribution is 2.30. The molecule has 6 heteroatoms. The molecule has 1 aromatic carbocycles.